The number of aromatic nitrogens is 1. The van der Waals surface area contributed by atoms with Crippen molar-refractivity contribution in [1.82, 2.24) is 0 Å². The number of hydrogen-bond acceptors (Lipinski definition) is 4. The summed E-state index contributed by atoms with van der Waals surface area (Å²) in [6.07, 6.45) is 1.75. The van der Waals surface area contributed by atoms with Gasteiger partial charge in [-0.05, 0) is 25.3 Å². The summed E-state index contributed by atoms with van der Waals surface area (Å²) in [7, 11) is 0. The largest absolute Gasteiger partial charge is 0.373 e. The van der Waals surface area contributed by atoms with Crippen molar-refractivity contribution in [2.75, 3.05) is 31.2 Å². The molecule has 1 N–H and O–H groups in total. The molecule has 0 amide bonds. The van der Waals surface area contributed by atoms with Gasteiger partial charge >= 0.3 is 0 Å². The third-order valence-electron chi connectivity index (χ3n) is 4.80. The Kier molecular flexibility index (Phi) is 4.80. The fourth-order valence-electron chi connectivity index (χ4n) is 3.60. The number of nitrogens with zero attached hydrogens (tertiary/aromatic N) is 2. The van der Waals surface area contributed by atoms with Crippen molar-refractivity contribution in [3.8, 4) is 6.07 Å². The highest BCUT2D eigenvalue weighted by Crippen LogP contribution is 2.34. The van der Waals surface area contributed by atoms with Gasteiger partial charge in [-0.2, -0.15) is 5.26 Å². The smallest absolute Gasteiger partial charge is 0.293 e. The monoisotopic (exact) mass is 330 g/mol. The second kappa shape index (κ2) is 6.70. The topological polar surface area (TPSA) is 59.6 Å². The first-order chi connectivity index (χ1) is 11.4. The lowest BCUT2D eigenvalue weighted by Gasteiger charge is -2.34. The maximum absolute atomic E-state index is 9.88. The van der Waals surface area contributed by atoms with E-state index in [1.54, 1.807) is 0 Å². The number of rotatable bonds is 3. The summed E-state index contributed by atoms with van der Waals surface area (Å²) in [6, 6.07) is 2.47. The molecule has 1 aromatic heterocycles. The third-order valence-corrected chi connectivity index (χ3v) is 4.80. The zero-order valence-corrected chi connectivity index (χ0v) is 15.2. The Bertz CT molecular complexity index is 656. The highest BCUT2D eigenvalue weighted by Gasteiger charge is 2.35. The van der Waals surface area contributed by atoms with Gasteiger partial charge in [-0.1, -0.05) is 13.8 Å². The number of pyridine rings is 1. The van der Waals surface area contributed by atoms with Gasteiger partial charge in [0, 0.05) is 18.4 Å². The van der Waals surface area contributed by atoms with Crippen molar-refractivity contribution < 1.29 is 14.5 Å². The highest BCUT2D eigenvalue weighted by atomic mass is 16.5. The molecule has 5 nitrogen and oxygen atoms in total. The highest BCUT2D eigenvalue weighted by molar-refractivity contribution is 5.58. The van der Waals surface area contributed by atoms with Crippen LogP contribution in [0.25, 0.3) is 0 Å². The van der Waals surface area contributed by atoms with E-state index >= 15 is 0 Å². The first-order valence-electron chi connectivity index (χ1n) is 8.88. The Balaban J connectivity index is 2.13. The second-order valence-electron chi connectivity index (χ2n) is 7.82. The Morgan fingerprint density at radius 3 is 2.58 bits per heavy atom. The van der Waals surface area contributed by atoms with Crippen LogP contribution in [-0.2, 0) is 28.9 Å². The number of H-pyrrole nitrogens is 1. The molecule has 0 spiro atoms. The zero-order chi connectivity index (χ0) is 17.3. The average Bonchev–Trinajstić information content (AvgIpc) is 2.53. The predicted octanol–water partition coefficient (Wildman–Crippen LogP) is 2.26. The molecule has 5 heteroatoms. The van der Waals surface area contributed by atoms with Crippen molar-refractivity contribution >= 4 is 5.82 Å². The summed E-state index contributed by atoms with van der Waals surface area (Å²) < 4.78 is 11.5. The van der Waals surface area contributed by atoms with E-state index in [4.69, 9.17) is 9.47 Å². The van der Waals surface area contributed by atoms with E-state index in [-0.39, 0.29) is 5.60 Å². The minimum atomic E-state index is -0.225. The molecule has 2 aliphatic rings. The number of nitriles is 1. The van der Waals surface area contributed by atoms with Gasteiger partial charge < -0.3 is 9.47 Å². The van der Waals surface area contributed by atoms with Crippen molar-refractivity contribution in [1.29, 1.82) is 5.26 Å². The average molecular weight is 330 g/mol. The summed E-state index contributed by atoms with van der Waals surface area (Å²) in [5.74, 6) is 1.51. The number of ether oxygens (including phenoxy) is 2. The molecule has 24 heavy (non-hydrogen) atoms. The Morgan fingerprint density at radius 2 is 1.96 bits per heavy atom. The molecule has 0 radical (unpaired) electrons. The summed E-state index contributed by atoms with van der Waals surface area (Å²) in [4.78, 5) is 5.85. The molecule has 0 aliphatic carbocycles. The number of morpholine rings is 1. The van der Waals surface area contributed by atoms with E-state index in [0.717, 1.165) is 37.3 Å². The molecule has 0 unspecified atom stereocenters. The number of aromatic amines is 1. The van der Waals surface area contributed by atoms with Crippen LogP contribution in [0, 0.1) is 17.2 Å². The van der Waals surface area contributed by atoms with Gasteiger partial charge in [-0.25, -0.2) is 4.98 Å². The second-order valence-corrected chi connectivity index (χ2v) is 7.82. The molecule has 0 aromatic carbocycles. The van der Waals surface area contributed by atoms with Gasteiger partial charge in [0.25, 0.3) is 5.82 Å². The number of nitrogens with one attached hydrogen (secondary N) is 1. The lowest BCUT2D eigenvalue weighted by atomic mass is 9.86. The van der Waals surface area contributed by atoms with Crippen LogP contribution in [0.4, 0.5) is 5.82 Å². The minimum absolute atomic E-state index is 0.225. The first kappa shape index (κ1) is 17.2. The predicted molar refractivity (Wildman–Crippen MR) is 91.9 cm³/mol. The van der Waals surface area contributed by atoms with Gasteiger partial charge in [0.2, 0.25) is 0 Å². The molecule has 130 valence electrons. The molecule has 0 atom stereocenters. The van der Waals surface area contributed by atoms with Crippen LogP contribution in [0.15, 0.2) is 0 Å². The number of fused-ring (bicyclic) bond motifs is 1. The molecule has 3 rings (SSSR count). The molecule has 3 heterocycles. The van der Waals surface area contributed by atoms with E-state index in [0.29, 0.717) is 25.7 Å². The molecular weight excluding hydrogens is 302 g/mol. The van der Waals surface area contributed by atoms with Crippen LogP contribution in [0.5, 0.6) is 0 Å². The molecule has 1 fully saturated rings. The van der Waals surface area contributed by atoms with E-state index in [1.165, 1.54) is 16.8 Å². The van der Waals surface area contributed by atoms with Gasteiger partial charge in [-0.3, -0.25) is 4.90 Å². The zero-order valence-electron chi connectivity index (χ0n) is 15.2. The van der Waals surface area contributed by atoms with Crippen LogP contribution in [0.1, 0.15) is 50.1 Å². The summed E-state index contributed by atoms with van der Waals surface area (Å²) >= 11 is 0. The Morgan fingerprint density at radius 1 is 1.25 bits per heavy atom. The summed E-state index contributed by atoms with van der Waals surface area (Å²) in [6.45, 7) is 12.3. The SMILES string of the molecule is CC(C)Cc1[nH+]c(N2CCOCC2)c(C#N)c2c1COC(C)(C)C2. The third kappa shape index (κ3) is 3.40. The number of anilines is 1. The van der Waals surface area contributed by atoms with Crippen molar-refractivity contribution in [2.24, 2.45) is 5.92 Å². The lowest BCUT2D eigenvalue weighted by molar-refractivity contribution is -0.379. The van der Waals surface area contributed by atoms with E-state index in [2.05, 4.69) is 43.6 Å². The molecular formula is C19H28N3O2+. The van der Waals surface area contributed by atoms with Crippen LogP contribution in [-0.4, -0.2) is 31.9 Å². The molecule has 1 aromatic rings. The van der Waals surface area contributed by atoms with Gasteiger partial charge in [0.05, 0.1) is 25.4 Å². The standard InChI is InChI=1S/C19H27N3O2/c1-13(2)9-17-16-12-24-19(3,4)10-14(16)15(11-20)18(21-17)22-5-7-23-8-6-22/h13H,5-10,12H2,1-4H3/p+1. The normalized spacial score (nSPS) is 19.9. The van der Waals surface area contributed by atoms with Crippen LogP contribution in [0.3, 0.4) is 0 Å². The minimum Gasteiger partial charge on any atom is -0.373 e. The molecule has 0 saturated carbocycles. The molecule has 0 bridgehead atoms. The maximum atomic E-state index is 9.88. The van der Waals surface area contributed by atoms with Crippen LogP contribution in [0.2, 0.25) is 0 Å². The van der Waals surface area contributed by atoms with Crippen molar-refractivity contribution in [2.45, 2.75) is 52.7 Å². The van der Waals surface area contributed by atoms with Gasteiger partial charge in [0.1, 0.15) is 30.4 Å². The maximum Gasteiger partial charge on any atom is 0.293 e. The molecule has 2 aliphatic heterocycles. The summed E-state index contributed by atoms with van der Waals surface area (Å²) in [5.41, 5.74) is 4.14. The van der Waals surface area contributed by atoms with E-state index in [1.807, 2.05) is 0 Å². The van der Waals surface area contributed by atoms with E-state index < -0.39 is 0 Å². The first-order valence-corrected chi connectivity index (χ1v) is 8.88. The fourth-order valence-corrected chi connectivity index (χ4v) is 3.60. The van der Waals surface area contributed by atoms with E-state index in [9.17, 15) is 5.26 Å². The van der Waals surface area contributed by atoms with Crippen molar-refractivity contribution in [3.63, 3.8) is 0 Å². The van der Waals surface area contributed by atoms with Gasteiger partial charge in [0.15, 0.2) is 0 Å². The Hall–Kier alpha value is -1.64. The van der Waals surface area contributed by atoms with Gasteiger partial charge in [-0.15, -0.1) is 0 Å². The van der Waals surface area contributed by atoms with Crippen molar-refractivity contribution in [3.05, 3.63) is 22.4 Å². The number of hydrogen-bond donors (Lipinski definition) is 0. The Labute approximate surface area is 144 Å². The molecule has 1 saturated heterocycles. The van der Waals surface area contributed by atoms with Crippen LogP contribution < -0.4 is 9.88 Å². The lowest BCUT2D eigenvalue weighted by Crippen LogP contribution is -2.43. The quantitative estimate of drug-likeness (QED) is 0.853. The fraction of sp³-hybridized carbons (Fsp3) is 0.684. The van der Waals surface area contributed by atoms with Crippen LogP contribution >= 0.6 is 0 Å². The summed E-state index contributed by atoms with van der Waals surface area (Å²) in [5, 5.41) is 9.88.